The van der Waals surface area contributed by atoms with Gasteiger partial charge in [-0.2, -0.15) is 0 Å². The van der Waals surface area contributed by atoms with Gasteiger partial charge in [0.1, 0.15) is 18.3 Å². The van der Waals surface area contributed by atoms with Gasteiger partial charge in [-0.25, -0.2) is 0 Å². The van der Waals surface area contributed by atoms with Gasteiger partial charge in [-0.3, -0.25) is 4.99 Å². The third-order valence-corrected chi connectivity index (χ3v) is 2.22. The minimum absolute atomic E-state index is 0.314. The summed E-state index contributed by atoms with van der Waals surface area (Å²) in [6.45, 7) is -0.314. The molecular weight excluding hydrogens is 188 g/mol. The molecule has 1 aliphatic rings. The number of hydrogen-bond donors (Lipinski definition) is 3. The number of aliphatic hydroxyl groups excluding tert-OH is 3. The molecule has 0 bridgehead atoms. The third-order valence-electron chi connectivity index (χ3n) is 2.22. The standard InChI is InChI=1S/C8H16N2O4/c1-9-4-10(2)8-7(13)6(12)5(3-11)14-8/h4-8,11-13H,3H2,1-2H3. The minimum Gasteiger partial charge on any atom is -0.394 e. The van der Waals surface area contributed by atoms with Gasteiger partial charge in [0, 0.05) is 14.1 Å². The van der Waals surface area contributed by atoms with Crippen LogP contribution in [-0.2, 0) is 4.74 Å². The first kappa shape index (κ1) is 11.4. The van der Waals surface area contributed by atoms with E-state index in [2.05, 4.69) is 4.99 Å². The summed E-state index contributed by atoms with van der Waals surface area (Å²) in [5, 5.41) is 27.8. The smallest absolute Gasteiger partial charge is 0.160 e. The second kappa shape index (κ2) is 4.70. The molecule has 14 heavy (non-hydrogen) atoms. The summed E-state index contributed by atoms with van der Waals surface area (Å²) in [4.78, 5) is 5.30. The summed E-state index contributed by atoms with van der Waals surface area (Å²) in [5.41, 5.74) is 0. The van der Waals surface area contributed by atoms with E-state index in [9.17, 15) is 10.2 Å². The predicted octanol–water partition coefficient (Wildman–Crippen LogP) is -1.98. The van der Waals surface area contributed by atoms with Crippen molar-refractivity contribution in [3.63, 3.8) is 0 Å². The van der Waals surface area contributed by atoms with Crippen LogP contribution in [-0.4, -0.2) is 71.8 Å². The molecule has 3 N–H and O–H groups in total. The van der Waals surface area contributed by atoms with E-state index in [0.29, 0.717) is 0 Å². The summed E-state index contributed by atoms with van der Waals surface area (Å²) in [5.74, 6) is 0. The fraction of sp³-hybridized carbons (Fsp3) is 0.875. The van der Waals surface area contributed by atoms with Crippen LogP contribution >= 0.6 is 0 Å². The van der Waals surface area contributed by atoms with E-state index in [1.807, 2.05) is 0 Å². The molecule has 0 aliphatic carbocycles. The second-order valence-corrected chi connectivity index (χ2v) is 3.27. The van der Waals surface area contributed by atoms with Gasteiger partial charge < -0.3 is 25.0 Å². The largest absolute Gasteiger partial charge is 0.394 e. The Morgan fingerprint density at radius 3 is 2.50 bits per heavy atom. The highest BCUT2D eigenvalue weighted by Crippen LogP contribution is 2.22. The Labute approximate surface area is 82.4 Å². The van der Waals surface area contributed by atoms with Crippen molar-refractivity contribution in [2.75, 3.05) is 20.7 Å². The van der Waals surface area contributed by atoms with Crippen molar-refractivity contribution >= 4 is 6.34 Å². The fourth-order valence-electron chi connectivity index (χ4n) is 1.46. The molecule has 0 radical (unpaired) electrons. The highest BCUT2D eigenvalue weighted by atomic mass is 16.6. The van der Waals surface area contributed by atoms with Gasteiger partial charge in [-0.05, 0) is 0 Å². The van der Waals surface area contributed by atoms with E-state index >= 15 is 0 Å². The van der Waals surface area contributed by atoms with E-state index in [1.54, 1.807) is 19.0 Å². The average molecular weight is 204 g/mol. The first-order valence-corrected chi connectivity index (χ1v) is 4.38. The van der Waals surface area contributed by atoms with Crippen molar-refractivity contribution in [3.8, 4) is 0 Å². The number of aliphatic imine (C=N–C) groups is 1. The molecule has 0 amide bonds. The normalized spacial score (nSPS) is 38.1. The molecule has 1 heterocycles. The predicted molar refractivity (Wildman–Crippen MR) is 49.9 cm³/mol. The van der Waals surface area contributed by atoms with Crippen LogP contribution in [0.1, 0.15) is 0 Å². The van der Waals surface area contributed by atoms with Crippen LogP contribution in [0.5, 0.6) is 0 Å². The van der Waals surface area contributed by atoms with Crippen LogP contribution in [0.2, 0.25) is 0 Å². The zero-order chi connectivity index (χ0) is 10.7. The summed E-state index contributed by atoms with van der Waals surface area (Å²) in [7, 11) is 3.27. The topological polar surface area (TPSA) is 85.5 Å². The Morgan fingerprint density at radius 2 is 2.07 bits per heavy atom. The molecule has 0 aromatic heterocycles. The molecule has 1 aliphatic heterocycles. The second-order valence-electron chi connectivity index (χ2n) is 3.27. The zero-order valence-corrected chi connectivity index (χ0v) is 8.24. The van der Waals surface area contributed by atoms with Gasteiger partial charge in [0.15, 0.2) is 6.23 Å². The van der Waals surface area contributed by atoms with Gasteiger partial charge in [0.2, 0.25) is 0 Å². The van der Waals surface area contributed by atoms with Gasteiger partial charge in [-0.1, -0.05) is 0 Å². The van der Waals surface area contributed by atoms with Crippen LogP contribution in [0.15, 0.2) is 4.99 Å². The number of ether oxygens (including phenoxy) is 1. The molecule has 6 heteroatoms. The van der Waals surface area contributed by atoms with Gasteiger partial charge in [0.05, 0.1) is 12.9 Å². The monoisotopic (exact) mass is 204 g/mol. The Balaban J connectivity index is 2.64. The van der Waals surface area contributed by atoms with E-state index in [1.165, 1.54) is 6.34 Å². The van der Waals surface area contributed by atoms with Crippen molar-refractivity contribution in [1.82, 2.24) is 4.90 Å². The van der Waals surface area contributed by atoms with Crippen LogP contribution < -0.4 is 0 Å². The van der Waals surface area contributed by atoms with Gasteiger partial charge >= 0.3 is 0 Å². The molecule has 0 aromatic rings. The summed E-state index contributed by atoms with van der Waals surface area (Å²) >= 11 is 0. The van der Waals surface area contributed by atoms with Crippen LogP contribution in [0.4, 0.5) is 0 Å². The number of rotatable bonds is 3. The molecule has 1 saturated heterocycles. The fourth-order valence-corrected chi connectivity index (χ4v) is 1.46. The molecule has 4 atom stereocenters. The van der Waals surface area contributed by atoms with E-state index in [0.717, 1.165) is 0 Å². The van der Waals surface area contributed by atoms with Crippen molar-refractivity contribution in [3.05, 3.63) is 0 Å². The van der Waals surface area contributed by atoms with Crippen LogP contribution in [0, 0.1) is 0 Å². The average Bonchev–Trinajstić information content (AvgIpc) is 2.44. The van der Waals surface area contributed by atoms with Crippen molar-refractivity contribution in [2.45, 2.75) is 24.5 Å². The highest BCUT2D eigenvalue weighted by molar-refractivity contribution is 5.54. The van der Waals surface area contributed by atoms with Crippen LogP contribution in [0.3, 0.4) is 0 Å². The Morgan fingerprint density at radius 1 is 1.43 bits per heavy atom. The first-order chi connectivity index (χ1) is 6.61. The molecule has 1 fully saturated rings. The van der Waals surface area contributed by atoms with E-state index in [4.69, 9.17) is 9.84 Å². The molecule has 0 saturated carbocycles. The molecule has 4 unspecified atom stereocenters. The lowest BCUT2D eigenvalue weighted by molar-refractivity contribution is -0.0627. The highest BCUT2D eigenvalue weighted by Gasteiger charge is 2.43. The Bertz CT molecular complexity index is 212. The molecular formula is C8H16N2O4. The number of likely N-dealkylation sites (N-methyl/N-ethyl adjacent to an activating group) is 1. The van der Waals surface area contributed by atoms with E-state index < -0.39 is 24.5 Å². The molecule has 1 rings (SSSR count). The quantitative estimate of drug-likeness (QED) is 0.366. The lowest BCUT2D eigenvalue weighted by Gasteiger charge is -2.23. The van der Waals surface area contributed by atoms with Gasteiger partial charge in [0.25, 0.3) is 0 Å². The van der Waals surface area contributed by atoms with Crippen molar-refractivity contribution < 1.29 is 20.1 Å². The molecule has 0 aromatic carbocycles. The first-order valence-electron chi connectivity index (χ1n) is 4.38. The lowest BCUT2D eigenvalue weighted by Crippen LogP contribution is -2.41. The Kier molecular flexibility index (Phi) is 3.82. The summed E-state index contributed by atoms with van der Waals surface area (Å²) < 4.78 is 5.23. The zero-order valence-electron chi connectivity index (χ0n) is 8.24. The molecule has 82 valence electrons. The summed E-state index contributed by atoms with van der Waals surface area (Å²) in [6, 6.07) is 0. The maximum atomic E-state index is 9.57. The van der Waals surface area contributed by atoms with E-state index in [-0.39, 0.29) is 6.61 Å². The number of aliphatic hydroxyl groups is 3. The van der Waals surface area contributed by atoms with Crippen molar-refractivity contribution in [2.24, 2.45) is 4.99 Å². The molecule has 6 nitrogen and oxygen atoms in total. The number of hydrogen-bond acceptors (Lipinski definition) is 5. The Hall–Kier alpha value is -0.690. The van der Waals surface area contributed by atoms with Crippen molar-refractivity contribution in [1.29, 1.82) is 0 Å². The van der Waals surface area contributed by atoms with Crippen LogP contribution in [0.25, 0.3) is 0 Å². The maximum Gasteiger partial charge on any atom is 0.160 e. The number of nitrogens with zero attached hydrogens (tertiary/aromatic N) is 2. The maximum absolute atomic E-state index is 9.57. The third kappa shape index (κ3) is 2.03. The minimum atomic E-state index is -1.06. The van der Waals surface area contributed by atoms with Gasteiger partial charge in [-0.15, -0.1) is 0 Å². The molecule has 0 spiro atoms. The SMILES string of the molecule is CN=CN(C)C1OC(CO)C(O)C1O. The lowest BCUT2D eigenvalue weighted by atomic mass is 10.1. The summed E-state index contributed by atoms with van der Waals surface area (Å²) in [6.07, 6.45) is -2.00.